The number of hydrogen-bond donors (Lipinski definition) is 0. The smallest absolute Gasteiger partial charge is 0.0664 e. The van der Waals surface area contributed by atoms with Gasteiger partial charge in [-0.2, -0.15) is 0 Å². The minimum absolute atomic E-state index is 0.611. The van der Waals surface area contributed by atoms with Gasteiger partial charge in [-0.25, -0.2) is 0 Å². The number of benzene rings is 1. The van der Waals surface area contributed by atoms with Crippen molar-refractivity contribution in [3.05, 3.63) is 39.9 Å². The Morgan fingerprint density at radius 2 is 2.08 bits per heavy atom. The van der Waals surface area contributed by atoms with Crippen molar-refractivity contribution in [1.82, 2.24) is 0 Å². The second-order valence-electron chi connectivity index (χ2n) is 2.83. The summed E-state index contributed by atoms with van der Waals surface area (Å²) in [4.78, 5) is 0. The molecule has 13 heavy (non-hydrogen) atoms. The average Bonchev–Trinajstić information content (AvgIpc) is 2.13. The Morgan fingerprint density at radius 3 is 2.77 bits per heavy atom. The molecule has 0 bridgehead atoms. The normalized spacial score (nSPS) is 11.0. The Bertz CT molecular complexity index is 303. The summed E-state index contributed by atoms with van der Waals surface area (Å²) in [6, 6.07) is 5.65. The monoisotopic (exact) mass is 214 g/mol. The van der Waals surface area contributed by atoms with Gasteiger partial charge in [0.2, 0.25) is 0 Å². The number of unbranched alkanes of at least 4 members (excludes halogenated alkanes) is 1. The lowest BCUT2D eigenvalue weighted by Gasteiger charge is -1.99. The topological polar surface area (TPSA) is 0 Å². The Kier molecular flexibility index (Phi) is 4.34. The van der Waals surface area contributed by atoms with Crippen LogP contribution in [0.15, 0.2) is 24.3 Å². The molecule has 0 aliphatic rings. The van der Waals surface area contributed by atoms with E-state index in [1.54, 1.807) is 6.07 Å². The van der Waals surface area contributed by atoms with Crippen molar-refractivity contribution in [2.45, 2.75) is 19.8 Å². The van der Waals surface area contributed by atoms with E-state index in [4.69, 9.17) is 23.2 Å². The highest BCUT2D eigenvalue weighted by atomic mass is 35.5. The highest BCUT2D eigenvalue weighted by Crippen LogP contribution is 2.26. The maximum Gasteiger partial charge on any atom is 0.0664 e. The standard InChI is InChI=1S/C11H12Cl2/c1-2-3-4-6-9-7-5-8-10(12)11(9)13/h4-8H,2-3H2,1H3. The first-order chi connectivity index (χ1) is 6.25. The van der Waals surface area contributed by atoms with Crippen molar-refractivity contribution in [3.8, 4) is 0 Å². The largest absolute Gasteiger partial charge is 0.0839 e. The van der Waals surface area contributed by atoms with Gasteiger partial charge in [0.25, 0.3) is 0 Å². The van der Waals surface area contributed by atoms with E-state index in [0.29, 0.717) is 10.0 Å². The lowest BCUT2D eigenvalue weighted by atomic mass is 10.2. The second-order valence-corrected chi connectivity index (χ2v) is 3.62. The molecule has 0 aliphatic heterocycles. The third-order valence-corrected chi connectivity index (χ3v) is 2.57. The predicted octanol–water partition coefficient (Wildman–Crippen LogP) is 4.81. The molecule has 70 valence electrons. The SMILES string of the molecule is CCCC=Cc1cccc(Cl)c1Cl. The van der Waals surface area contributed by atoms with Gasteiger partial charge in [0.1, 0.15) is 0 Å². The van der Waals surface area contributed by atoms with E-state index in [9.17, 15) is 0 Å². The minimum Gasteiger partial charge on any atom is -0.0839 e. The molecule has 0 fully saturated rings. The van der Waals surface area contributed by atoms with Crippen LogP contribution in [0, 0.1) is 0 Å². The third kappa shape index (κ3) is 3.06. The molecule has 0 spiro atoms. The lowest BCUT2D eigenvalue weighted by molar-refractivity contribution is 0.962. The number of halogens is 2. The van der Waals surface area contributed by atoms with Crippen LogP contribution in [-0.2, 0) is 0 Å². The van der Waals surface area contributed by atoms with E-state index >= 15 is 0 Å². The maximum atomic E-state index is 5.99. The molecule has 0 aromatic heterocycles. The summed E-state index contributed by atoms with van der Waals surface area (Å²) >= 11 is 11.8. The molecule has 0 saturated heterocycles. The van der Waals surface area contributed by atoms with Gasteiger partial charge in [0.15, 0.2) is 0 Å². The summed E-state index contributed by atoms with van der Waals surface area (Å²) in [5.41, 5.74) is 0.989. The van der Waals surface area contributed by atoms with Gasteiger partial charge in [-0.1, -0.05) is 60.8 Å². The van der Waals surface area contributed by atoms with Crippen molar-refractivity contribution >= 4 is 29.3 Å². The van der Waals surface area contributed by atoms with Crippen LogP contribution in [0.5, 0.6) is 0 Å². The molecule has 0 N–H and O–H groups in total. The molecule has 0 atom stereocenters. The number of allylic oxidation sites excluding steroid dienone is 1. The fourth-order valence-electron chi connectivity index (χ4n) is 1.03. The van der Waals surface area contributed by atoms with Crippen LogP contribution < -0.4 is 0 Å². The summed E-state index contributed by atoms with van der Waals surface area (Å²) < 4.78 is 0. The molecule has 1 aromatic carbocycles. The van der Waals surface area contributed by atoms with Crippen molar-refractivity contribution in [1.29, 1.82) is 0 Å². The van der Waals surface area contributed by atoms with Gasteiger partial charge in [0.05, 0.1) is 10.0 Å². The Balaban J connectivity index is 2.83. The first kappa shape index (κ1) is 10.6. The molecule has 0 unspecified atom stereocenters. The molecule has 1 aromatic rings. The van der Waals surface area contributed by atoms with Crippen LogP contribution in [0.25, 0.3) is 6.08 Å². The van der Waals surface area contributed by atoms with E-state index in [0.717, 1.165) is 18.4 Å². The van der Waals surface area contributed by atoms with E-state index < -0.39 is 0 Å². The molecule has 0 amide bonds. The zero-order valence-electron chi connectivity index (χ0n) is 7.56. The van der Waals surface area contributed by atoms with Crippen molar-refractivity contribution in [2.75, 3.05) is 0 Å². The van der Waals surface area contributed by atoms with Crippen LogP contribution in [0.3, 0.4) is 0 Å². The maximum absolute atomic E-state index is 5.99. The van der Waals surface area contributed by atoms with Gasteiger partial charge in [0, 0.05) is 0 Å². The zero-order chi connectivity index (χ0) is 9.68. The first-order valence-electron chi connectivity index (χ1n) is 4.36. The number of hydrogen-bond acceptors (Lipinski definition) is 0. The number of rotatable bonds is 3. The van der Waals surface area contributed by atoms with Crippen molar-refractivity contribution in [2.24, 2.45) is 0 Å². The molecule has 0 radical (unpaired) electrons. The minimum atomic E-state index is 0.611. The van der Waals surface area contributed by atoms with E-state index in [-0.39, 0.29) is 0 Å². The van der Waals surface area contributed by atoms with Gasteiger partial charge >= 0.3 is 0 Å². The summed E-state index contributed by atoms with van der Waals surface area (Å²) in [6.07, 6.45) is 6.34. The third-order valence-electron chi connectivity index (χ3n) is 1.73. The first-order valence-corrected chi connectivity index (χ1v) is 5.12. The van der Waals surface area contributed by atoms with Gasteiger partial charge in [-0.3, -0.25) is 0 Å². The molecular formula is C11H12Cl2. The van der Waals surface area contributed by atoms with E-state index in [2.05, 4.69) is 13.0 Å². The van der Waals surface area contributed by atoms with Gasteiger partial charge in [-0.15, -0.1) is 0 Å². The van der Waals surface area contributed by atoms with Crippen LogP contribution >= 0.6 is 23.2 Å². The summed E-state index contributed by atoms with van der Waals surface area (Å²) in [7, 11) is 0. The van der Waals surface area contributed by atoms with Gasteiger partial charge in [-0.05, 0) is 18.1 Å². The van der Waals surface area contributed by atoms with E-state index in [1.165, 1.54) is 0 Å². The van der Waals surface area contributed by atoms with Crippen LogP contribution in [0.2, 0.25) is 10.0 Å². The highest BCUT2D eigenvalue weighted by Gasteiger charge is 1.99. The zero-order valence-corrected chi connectivity index (χ0v) is 9.07. The van der Waals surface area contributed by atoms with Crippen molar-refractivity contribution < 1.29 is 0 Å². The van der Waals surface area contributed by atoms with Crippen LogP contribution in [-0.4, -0.2) is 0 Å². The fraction of sp³-hybridized carbons (Fsp3) is 0.273. The fourth-order valence-corrected chi connectivity index (χ4v) is 1.40. The highest BCUT2D eigenvalue weighted by molar-refractivity contribution is 6.42. The summed E-state index contributed by atoms with van der Waals surface area (Å²) in [5, 5.41) is 1.25. The van der Waals surface area contributed by atoms with Gasteiger partial charge < -0.3 is 0 Å². The molecule has 2 heteroatoms. The molecule has 0 nitrogen and oxygen atoms in total. The predicted molar refractivity (Wildman–Crippen MR) is 60.4 cm³/mol. The molecule has 0 saturated carbocycles. The summed E-state index contributed by atoms with van der Waals surface area (Å²) in [6.45, 7) is 2.14. The Hall–Kier alpha value is -0.460. The van der Waals surface area contributed by atoms with Crippen LogP contribution in [0.1, 0.15) is 25.3 Å². The molecule has 1 rings (SSSR count). The lowest BCUT2D eigenvalue weighted by Crippen LogP contribution is -1.75. The second kappa shape index (κ2) is 5.31. The Labute approximate surface area is 89.2 Å². The molecule has 0 heterocycles. The molecular weight excluding hydrogens is 203 g/mol. The van der Waals surface area contributed by atoms with E-state index in [1.807, 2.05) is 18.2 Å². The average molecular weight is 215 g/mol. The Morgan fingerprint density at radius 1 is 1.31 bits per heavy atom. The molecule has 0 aliphatic carbocycles. The van der Waals surface area contributed by atoms with Crippen molar-refractivity contribution in [3.63, 3.8) is 0 Å². The summed E-state index contributed by atoms with van der Waals surface area (Å²) in [5.74, 6) is 0. The van der Waals surface area contributed by atoms with Crippen LogP contribution in [0.4, 0.5) is 0 Å². The quantitative estimate of drug-likeness (QED) is 0.678.